The fraction of sp³-hybridized carbons (Fsp3) is 0.429. The van der Waals surface area contributed by atoms with E-state index >= 15 is 0 Å². The second-order valence-electron chi connectivity index (χ2n) is 5.21. The Balaban J connectivity index is 2.83. The Hall–Kier alpha value is -1.80. The van der Waals surface area contributed by atoms with Crippen molar-refractivity contribution >= 4 is 28.2 Å². The number of aryl methyl sites for hydroxylation is 1. The summed E-state index contributed by atoms with van der Waals surface area (Å²) in [6, 6.07) is 1.79. The average Bonchev–Trinajstić information content (AvgIpc) is 2.66. The Morgan fingerprint density at radius 1 is 1.42 bits per heavy atom. The fourth-order valence-corrected chi connectivity index (χ4v) is 2.26. The van der Waals surface area contributed by atoms with Gasteiger partial charge in [0.1, 0.15) is 0 Å². The van der Waals surface area contributed by atoms with Crippen molar-refractivity contribution in [2.24, 2.45) is 5.41 Å². The van der Waals surface area contributed by atoms with Crippen molar-refractivity contribution in [3.8, 4) is 12.3 Å². The number of rotatable bonds is 3. The Bertz CT molecular complexity index is 533. The van der Waals surface area contributed by atoms with Gasteiger partial charge in [-0.25, -0.2) is 0 Å². The first-order valence-electron chi connectivity index (χ1n) is 5.89. The molecule has 1 heterocycles. The van der Waals surface area contributed by atoms with Crippen LogP contribution in [-0.4, -0.2) is 18.4 Å². The smallest absolute Gasteiger partial charge is 0.262 e. The van der Waals surface area contributed by atoms with Crippen LogP contribution in [0.2, 0.25) is 0 Å². The third kappa shape index (κ3) is 4.11. The van der Waals surface area contributed by atoms with Crippen LogP contribution in [0, 0.1) is 24.7 Å². The van der Waals surface area contributed by atoms with Crippen LogP contribution in [0.3, 0.4) is 0 Å². The summed E-state index contributed by atoms with van der Waals surface area (Å²) in [4.78, 5) is 24.2. The minimum Gasteiger partial charge on any atom is -0.340 e. The number of hydrogen-bond acceptors (Lipinski definition) is 3. The van der Waals surface area contributed by atoms with Crippen LogP contribution in [-0.2, 0) is 4.79 Å². The highest BCUT2D eigenvalue weighted by Crippen LogP contribution is 2.28. The van der Waals surface area contributed by atoms with Crippen LogP contribution in [0.25, 0.3) is 0 Å². The van der Waals surface area contributed by atoms with E-state index in [1.165, 1.54) is 11.3 Å². The predicted molar refractivity (Wildman–Crippen MR) is 78.3 cm³/mol. The number of thiophene rings is 1. The molecule has 0 atom stereocenters. The summed E-state index contributed by atoms with van der Waals surface area (Å²) in [6.07, 6.45) is 5.09. The third-order valence-corrected chi connectivity index (χ3v) is 3.54. The molecule has 0 aromatic carbocycles. The van der Waals surface area contributed by atoms with Crippen LogP contribution in [0.1, 0.15) is 36.0 Å². The quantitative estimate of drug-likeness (QED) is 0.834. The minimum atomic E-state index is -0.468. The standard InChI is InChI=1S/C14H18N2O2S/c1-6-7-15-12(17)11-9(2)8-10(19-11)16-13(18)14(3,4)5/h1,8H,7H2,2-5H3,(H,15,17)(H,16,18). The maximum absolute atomic E-state index is 11.9. The van der Waals surface area contributed by atoms with Gasteiger partial charge in [-0.05, 0) is 18.6 Å². The Kier molecular flexibility index (Phi) is 4.73. The zero-order valence-electron chi connectivity index (χ0n) is 11.6. The second-order valence-corrected chi connectivity index (χ2v) is 6.27. The zero-order chi connectivity index (χ0) is 14.6. The van der Waals surface area contributed by atoms with Gasteiger partial charge in [0.2, 0.25) is 5.91 Å². The van der Waals surface area contributed by atoms with E-state index in [-0.39, 0.29) is 18.4 Å². The molecule has 0 aliphatic rings. The van der Waals surface area contributed by atoms with Crippen LogP contribution in [0.15, 0.2) is 6.07 Å². The van der Waals surface area contributed by atoms with E-state index in [4.69, 9.17) is 6.42 Å². The lowest BCUT2D eigenvalue weighted by Crippen LogP contribution is -2.27. The molecule has 0 spiro atoms. The van der Waals surface area contributed by atoms with Crippen LogP contribution >= 0.6 is 11.3 Å². The van der Waals surface area contributed by atoms with Gasteiger partial charge in [-0.2, -0.15) is 0 Å². The SMILES string of the molecule is C#CCNC(=O)c1sc(NC(=O)C(C)(C)C)cc1C. The van der Waals surface area contributed by atoms with Gasteiger partial charge >= 0.3 is 0 Å². The van der Waals surface area contributed by atoms with Gasteiger partial charge in [0.05, 0.1) is 16.4 Å². The summed E-state index contributed by atoms with van der Waals surface area (Å²) in [5, 5.41) is 6.09. The highest BCUT2D eigenvalue weighted by Gasteiger charge is 2.22. The molecule has 2 N–H and O–H groups in total. The van der Waals surface area contributed by atoms with Crippen molar-refractivity contribution in [1.82, 2.24) is 5.32 Å². The van der Waals surface area contributed by atoms with Gasteiger partial charge < -0.3 is 10.6 Å². The maximum atomic E-state index is 11.9. The molecule has 0 saturated heterocycles. The van der Waals surface area contributed by atoms with Crippen molar-refractivity contribution in [2.45, 2.75) is 27.7 Å². The topological polar surface area (TPSA) is 58.2 Å². The number of terminal acetylenes is 1. The van der Waals surface area contributed by atoms with E-state index < -0.39 is 5.41 Å². The van der Waals surface area contributed by atoms with Gasteiger partial charge in [-0.1, -0.05) is 26.7 Å². The summed E-state index contributed by atoms with van der Waals surface area (Å²) in [6.45, 7) is 7.53. The first-order chi connectivity index (χ1) is 8.75. The molecule has 4 nitrogen and oxygen atoms in total. The largest absolute Gasteiger partial charge is 0.340 e. The van der Waals surface area contributed by atoms with Gasteiger partial charge in [0.25, 0.3) is 5.91 Å². The first kappa shape index (κ1) is 15.3. The molecule has 0 saturated carbocycles. The molecule has 19 heavy (non-hydrogen) atoms. The van der Waals surface area contributed by atoms with Crippen LogP contribution in [0.5, 0.6) is 0 Å². The minimum absolute atomic E-state index is 0.0793. The number of hydrogen-bond donors (Lipinski definition) is 2. The molecule has 0 aliphatic carbocycles. The summed E-state index contributed by atoms with van der Waals surface area (Å²) in [7, 11) is 0. The Labute approximate surface area is 117 Å². The van der Waals surface area contributed by atoms with E-state index in [1.54, 1.807) is 6.07 Å². The summed E-state index contributed by atoms with van der Waals surface area (Å²) in [5.41, 5.74) is 0.354. The molecule has 102 valence electrons. The van der Waals surface area contributed by atoms with Gasteiger partial charge in [0.15, 0.2) is 0 Å². The first-order valence-corrected chi connectivity index (χ1v) is 6.71. The Morgan fingerprint density at radius 3 is 2.58 bits per heavy atom. The number of amides is 2. The monoisotopic (exact) mass is 278 g/mol. The molecule has 0 fully saturated rings. The lowest BCUT2D eigenvalue weighted by molar-refractivity contribution is -0.123. The average molecular weight is 278 g/mol. The van der Waals surface area contributed by atoms with Crippen molar-refractivity contribution in [2.75, 3.05) is 11.9 Å². The van der Waals surface area contributed by atoms with E-state index in [0.29, 0.717) is 9.88 Å². The lowest BCUT2D eigenvalue weighted by Gasteiger charge is -2.16. The Morgan fingerprint density at radius 2 is 2.05 bits per heavy atom. The van der Waals surface area contributed by atoms with Gasteiger partial charge in [-0.3, -0.25) is 9.59 Å². The van der Waals surface area contributed by atoms with Crippen molar-refractivity contribution in [3.63, 3.8) is 0 Å². The van der Waals surface area contributed by atoms with Crippen molar-refractivity contribution < 1.29 is 9.59 Å². The van der Waals surface area contributed by atoms with Crippen molar-refractivity contribution in [3.05, 3.63) is 16.5 Å². The third-order valence-electron chi connectivity index (χ3n) is 2.39. The zero-order valence-corrected chi connectivity index (χ0v) is 12.4. The number of carbonyl (C=O) groups excluding carboxylic acids is 2. The molecule has 0 bridgehead atoms. The van der Waals surface area contributed by atoms with Gasteiger partial charge in [0, 0.05) is 5.41 Å². The molecule has 1 rings (SSSR count). The fourth-order valence-electron chi connectivity index (χ4n) is 1.28. The number of nitrogens with one attached hydrogen (secondary N) is 2. The number of anilines is 1. The summed E-state index contributed by atoms with van der Waals surface area (Å²) < 4.78 is 0. The molecule has 0 aliphatic heterocycles. The van der Waals surface area contributed by atoms with Crippen LogP contribution < -0.4 is 10.6 Å². The van der Waals surface area contributed by atoms with Crippen LogP contribution in [0.4, 0.5) is 5.00 Å². The normalized spacial score (nSPS) is 10.7. The van der Waals surface area contributed by atoms with E-state index in [1.807, 2.05) is 27.7 Å². The molecule has 1 aromatic heterocycles. The number of carbonyl (C=O) groups is 2. The summed E-state index contributed by atoms with van der Waals surface area (Å²) in [5.74, 6) is 2.06. The highest BCUT2D eigenvalue weighted by molar-refractivity contribution is 7.18. The van der Waals surface area contributed by atoms with Gasteiger partial charge in [-0.15, -0.1) is 17.8 Å². The molecule has 0 radical (unpaired) electrons. The van der Waals surface area contributed by atoms with E-state index in [0.717, 1.165) is 5.56 Å². The molecule has 0 unspecified atom stereocenters. The maximum Gasteiger partial charge on any atom is 0.262 e. The molecular weight excluding hydrogens is 260 g/mol. The molecule has 5 heteroatoms. The van der Waals surface area contributed by atoms with Crippen molar-refractivity contribution in [1.29, 1.82) is 0 Å². The molecule has 1 aromatic rings. The second kappa shape index (κ2) is 5.89. The molecular formula is C14H18N2O2S. The lowest BCUT2D eigenvalue weighted by atomic mass is 9.96. The predicted octanol–water partition coefficient (Wildman–Crippen LogP) is 2.40. The van der Waals surface area contributed by atoms with E-state index in [9.17, 15) is 9.59 Å². The highest BCUT2D eigenvalue weighted by atomic mass is 32.1. The van der Waals surface area contributed by atoms with E-state index in [2.05, 4.69) is 16.6 Å². The molecule has 2 amide bonds. The summed E-state index contributed by atoms with van der Waals surface area (Å²) >= 11 is 1.25.